The van der Waals surface area contributed by atoms with E-state index >= 15 is 0 Å². The Morgan fingerprint density at radius 3 is 2.78 bits per heavy atom. The molecule has 3 aliphatic heterocycles. The first-order valence-electron chi connectivity index (χ1n) is 12.3. The van der Waals surface area contributed by atoms with Crippen molar-refractivity contribution in [1.29, 1.82) is 0 Å². The Bertz CT molecular complexity index is 1230. The Hall–Kier alpha value is -3.31. The number of benzene rings is 1. The van der Waals surface area contributed by atoms with Crippen molar-refractivity contribution in [2.75, 3.05) is 13.2 Å². The number of hydrogen-bond acceptors (Lipinski definition) is 7. The van der Waals surface area contributed by atoms with E-state index in [0.717, 1.165) is 5.52 Å². The third kappa shape index (κ3) is 3.22. The van der Waals surface area contributed by atoms with Crippen molar-refractivity contribution in [2.45, 2.75) is 63.1 Å². The molecule has 2 bridgehead atoms. The quantitative estimate of drug-likeness (QED) is 0.490. The van der Waals surface area contributed by atoms with Gasteiger partial charge in [0.15, 0.2) is 0 Å². The molecule has 192 valence electrons. The molecule has 3 fully saturated rings. The monoisotopic (exact) mass is 497 g/mol. The smallest absolute Gasteiger partial charge is 0.310 e. The van der Waals surface area contributed by atoms with Gasteiger partial charge in [0.2, 0.25) is 11.8 Å². The second kappa shape index (κ2) is 8.67. The zero-order chi connectivity index (χ0) is 25.8. The number of carbonyl (C=O) groups is 3. The maximum absolute atomic E-state index is 14.3. The molecular formula is C25H31N5O6. The van der Waals surface area contributed by atoms with Crippen LogP contribution in [-0.2, 0) is 25.8 Å². The van der Waals surface area contributed by atoms with Gasteiger partial charge in [-0.3, -0.25) is 14.4 Å². The van der Waals surface area contributed by atoms with Crippen LogP contribution in [0.1, 0.15) is 33.1 Å². The summed E-state index contributed by atoms with van der Waals surface area (Å²) in [6.45, 7) is 7.14. The first kappa shape index (κ1) is 24.4. The fraction of sp³-hybridized carbons (Fsp3) is 0.560. The molecule has 2 unspecified atom stereocenters. The second-order valence-corrected chi connectivity index (χ2v) is 10.0. The summed E-state index contributed by atoms with van der Waals surface area (Å²) in [4.78, 5) is 43.3. The number of amides is 2. The third-order valence-electron chi connectivity index (χ3n) is 8.24. The zero-order valence-electron chi connectivity index (χ0n) is 20.4. The van der Waals surface area contributed by atoms with Gasteiger partial charge in [0, 0.05) is 6.54 Å². The SMILES string of the molecule is C=CCN(Cn1nnc2ccccc21)C(=O)C1N([C@H](C)CO)C(=O)[C@@H]2[C@H](C(=O)O)[C@]3(CC)CCC12O3. The van der Waals surface area contributed by atoms with E-state index in [1.54, 1.807) is 17.7 Å². The van der Waals surface area contributed by atoms with Gasteiger partial charge in [-0.1, -0.05) is 30.3 Å². The van der Waals surface area contributed by atoms with Crippen LogP contribution in [0, 0.1) is 11.8 Å². The van der Waals surface area contributed by atoms with Crippen molar-refractivity contribution in [2.24, 2.45) is 11.8 Å². The molecule has 3 saturated heterocycles. The Kier molecular flexibility index (Phi) is 5.87. The fourth-order valence-corrected chi connectivity index (χ4v) is 6.60. The molecule has 1 aromatic heterocycles. The van der Waals surface area contributed by atoms with Crippen LogP contribution >= 0.6 is 0 Å². The summed E-state index contributed by atoms with van der Waals surface area (Å²) >= 11 is 0. The number of carboxylic acid groups (broad SMARTS) is 1. The lowest BCUT2D eigenvalue weighted by Crippen LogP contribution is -2.58. The summed E-state index contributed by atoms with van der Waals surface area (Å²) in [6.07, 6.45) is 2.85. The highest BCUT2D eigenvalue weighted by atomic mass is 16.5. The highest BCUT2D eigenvalue weighted by molar-refractivity contribution is 5.98. The number of rotatable bonds is 9. The normalized spacial score (nSPS) is 31.6. The van der Waals surface area contributed by atoms with Gasteiger partial charge in [0.25, 0.3) is 0 Å². The lowest BCUT2D eigenvalue weighted by atomic mass is 9.65. The van der Waals surface area contributed by atoms with Gasteiger partial charge >= 0.3 is 5.97 Å². The lowest BCUT2D eigenvalue weighted by Gasteiger charge is -2.38. The number of aliphatic hydroxyl groups excluding tert-OH is 1. The molecular weight excluding hydrogens is 466 g/mol. The Balaban J connectivity index is 1.57. The Morgan fingerprint density at radius 2 is 2.11 bits per heavy atom. The van der Waals surface area contributed by atoms with Crippen molar-refractivity contribution >= 4 is 28.8 Å². The number of aromatic nitrogens is 3. The third-order valence-corrected chi connectivity index (χ3v) is 8.24. The molecule has 6 atom stereocenters. The first-order chi connectivity index (χ1) is 17.2. The minimum atomic E-state index is -1.28. The molecule has 2 N–H and O–H groups in total. The maximum Gasteiger partial charge on any atom is 0.310 e. The van der Waals surface area contributed by atoms with Crippen LogP contribution in [0.2, 0.25) is 0 Å². The van der Waals surface area contributed by atoms with E-state index in [9.17, 15) is 24.6 Å². The average molecular weight is 498 g/mol. The van der Waals surface area contributed by atoms with Crippen LogP contribution in [-0.4, -0.2) is 89.2 Å². The van der Waals surface area contributed by atoms with Crippen LogP contribution in [0.4, 0.5) is 0 Å². The van der Waals surface area contributed by atoms with E-state index in [0.29, 0.717) is 24.8 Å². The van der Waals surface area contributed by atoms with Gasteiger partial charge in [-0.2, -0.15) is 0 Å². The van der Waals surface area contributed by atoms with E-state index in [-0.39, 0.29) is 19.8 Å². The summed E-state index contributed by atoms with van der Waals surface area (Å²) in [5.41, 5.74) is -0.849. The topological polar surface area (TPSA) is 138 Å². The van der Waals surface area contributed by atoms with Crippen LogP contribution in [0.25, 0.3) is 11.0 Å². The minimum absolute atomic E-state index is 0.0550. The summed E-state index contributed by atoms with van der Waals surface area (Å²) in [5, 5.41) is 28.5. The molecule has 5 rings (SSSR count). The van der Waals surface area contributed by atoms with E-state index in [4.69, 9.17) is 4.74 Å². The van der Waals surface area contributed by atoms with E-state index in [2.05, 4.69) is 16.9 Å². The average Bonchev–Trinajstić information content (AvgIpc) is 3.60. The van der Waals surface area contributed by atoms with Gasteiger partial charge in [0.1, 0.15) is 29.7 Å². The second-order valence-electron chi connectivity index (χ2n) is 10.0. The van der Waals surface area contributed by atoms with Crippen LogP contribution in [0.15, 0.2) is 36.9 Å². The number of likely N-dealkylation sites (tertiary alicyclic amines) is 1. The molecule has 0 saturated carbocycles. The number of carbonyl (C=O) groups excluding carboxylic acids is 2. The number of para-hydroxylation sites is 1. The van der Waals surface area contributed by atoms with Gasteiger partial charge in [-0.25, -0.2) is 4.68 Å². The molecule has 1 aromatic carbocycles. The highest BCUT2D eigenvalue weighted by Gasteiger charge is 2.79. The number of carboxylic acids is 1. The Labute approximate surface area is 208 Å². The van der Waals surface area contributed by atoms with Gasteiger partial charge in [-0.05, 0) is 38.3 Å². The van der Waals surface area contributed by atoms with Gasteiger partial charge in [0.05, 0.1) is 29.7 Å². The highest BCUT2D eigenvalue weighted by Crippen LogP contribution is 2.64. The minimum Gasteiger partial charge on any atom is -0.481 e. The van der Waals surface area contributed by atoms with Crippen molar-refractivity contribution in [1.82, 2.24) is 24.8 Å². The number of fused-ring (bicyclic) bond motifs is 2. The molecule has 0 aliphatic carbocycles. The van der Waals surface area contributed by atoms with E-state index < -0.39 is 52.9 Å². The predicted octanol–water partition coefficient (Wildman–Crippen LogP) is 1.02. The number of aliphatic hydroxyl groups is 1. The van der Waals surface area contributed by atoms with Crippen LogP contribution in [0.5, 0.6) is 0 Å². The summed E-state index contributed by atoms with van der Waals surface area (Å²) in [7, 11) is 0. The number of aliphatic carboxylic acids is 1. The summed E-state index contributed by atoms with van der Waals surface area (Å²) in [5.74, 6) is -4.00. The summed E-state index contributed by atoms with van der Waals surface area (Å²) in [6, 6.07) is 5.60. The van der Waals surface area contributed by atoms with Crippen molar-refractivity contribution in [3.8, 4) is 0 Å². The van der Waals surface area contributed by atoms with Crippen LogP contribution < -0.4 is 0 Å². The van der Waals surface area contributed by atoms with Gasteiger partial charge in [-0.15, -0.1) is 11.7 Å². The largest absolute Gasteiger partial charge is 0.481 e. The fourth-order valence-electron chi connectivity index (χ4n) is 6.60. The molecule has 4 heterocycles. The maximum atomic E-state index is 14.3. The van der Waals surface area contributed by atoms with E-state index in [1.165, 1.54) is 9.80 Å². The lowest BCUT2D eigenvalue weighted by molar-refractivity contribution is -0.160. The molecule has 11 heteroatoms. The Morgan fingerprint density at radius 1 is 1.36 bits per heavy atom. The molecule has 2 aromatic rings. The molecule has 2 amide bonds. The van der Waals surface area contributed by atoms with Crippen molar-refractivity contribution < 1.29 is 29.3 Å². The molecule has 1 spiro atoms. The van der Waals surface area contributed by atoms with Crippen molar-refractivity contribution in [3.63, 3.8) is 0 Å². The van der Waals surface area contributed by atoms with E-state index in [1.807, 2.05) is 31.2 Å². The standard InChI is InChI=1S/C25H31N5O6/c1-4-12-28(14-29-17-9-7-6-8-16(17)26-27-29)22(33)20-25-11-10-24(5-2,36-25)19(23(34)35)18(25)21(32)30(20)15(3)13-31/h4,6-9,15,18-20,31H,1,5,10-14H2,2-3H3,(H,34,35)/t15-,18+,19-,20?,24+,25?/m1/s1. The van der Waals surface area contributed by atoms with Gasteiger partial charge < -0.3 is 24.7 Å². The van der Waals surface area contributed by atoms with Crippen LogP contribution in [0.3, 0.4) is 0 Å². The first-order valence-corrected chi connectivity index (χ1v) is 12.3. The molecule has 3 aliphatic rings. The predicted molar refractivity (Wildman–Crippen MR) is 127 cm³/mol. The number of nitrogens with zero attached hydrogens (tertiary/aromatic N) is 5. The molecule has 0 radical (unpaired) electrons. The number of ether oxygens (including phenoxy) is 1. The summed E-state index contributed by atoms with van der Waals surface area (Å²) < 4.78 is 8.12. The molecule has 36 heavy (non-hydrogen) atoms. The zero-order valence-corrected chi connectivity index (χ0v) is 20.4. The molecule has 11 nitrogen and oxygen atoms in total. The number of hydrogen-bond donors (Lipinski definition) is 2. The van der Waals surface area contributed by atoms with Crippen molar-refractivity contribution in [3.05, 3.63) is 36.9 Å².